The minimum atomic E-state index is -0.969. The highest BCUT2D eigenvalue weighted by Crippen LogP contribution is 2.29. The first-order valence-corrected chi connectivity index (χ1v) is 7.73. The Morgan fingerprint density at radius 2 is 1.08 bits per heavy atom. The van der Waals surface area contributed by atoms with Crippen LogP contribution in [-0.4, -0.2) is 22.2 Å². The molecule has 3 aromatic rings. The monoisotopic (exact) mass is 332 g/mol. The van der Waals surface area contributed by atoms with Crippen LogP contribution in [0.2, 0.25) is 0 Å². The summed E-state index contributed by atoms with van der Waals surface area (Å²) in [6.45, 7) is 1.95. The molecule has 0 fully saturated rings. The second kappa shape index (κ2) is 6.61. The molecule has 124 valence electrons. The maximum Gasteiger partial charge on any atom is 0.335 e. The number of carboxylic acid groups (broad SMARTS) is 2. The second-order valence-corrected chi connectivity index (χ2v) is 5.86. The number of aromatic carboxylic acids is 2. The maximum atomic E-state index is 11.2. The van der Waals surface area contributed by atoms with Crippen LogP contribution in [0.1, 0.15) is 26.3 Å². The first-order chi connectivity index (χ1) is 11.9. The van der Waals surface area contributed by atoms with E-state index < -0.39 is 11.9 Å². The maximum absolute atomic E-state index is 11.2. The summed E-state index contributed by atoms with van der Waals surface area (Å²) >= 11 is 0. The first kappa shape index (κ1) is 16.5. The van der Waals surface area contributed by atoms with E-state index in [4.69, 9.17) is 0 Å². The Kier molecular flexibility index (Phi) is 4.35. The SMILES string of the molecule is Cc1cc(-c2cccc(C(=O)O)c2)cc(-c2cccc(C(=O)O)c2)c1. The summed E-state index contributed by atoms with van der Waals surface area (Å²) in [5, 5.41) is 18.3. The van der Waals surface area contributed by atoms with Crippen molar-refractivity contribution in [1.82, 2.24) is 0 Å². The Hall–Kier alpha value is -3.40. The van der Waals surface area contributed by atoms with E-state index in [1.165, 1.54) is 0 Å². The number of carboxylic acids is 2. The van der Waals surface area contributed by atoms with E-state index in [9.17, 15) is 19.8 Å². The fourth-order valence-corrected chi connectivity index (χ4v) is 2.78. The van der Waals surface area contributed by atoms with Crippen LogP contribution in [0.15, 0.2) is 66.7 Å². The Balaban J connectivity index is 2.10. The predicted molar refractivity (Wildman–Crippen MR) is 96.0 cm³/mol. The highest BCUT2D eigenvalue weighted by molar-refractivity contribution is 5.91. The number of carbonyl (C=O) groups is 2. The van der Waals surface area contributed by atoms with Crippen LogP contribution in [0.4, 0.5) is 0 Å². The van der Waals surface area contributed by atoms with Gasteiger partial charge in [-0.3, -0.25) is 0 Å². The summed E-state index contributed by atoms with van der Waals surface area (Å²) < 4.78 is 0. The minimum Gasteiger partial charge on any atom is -0.478 e. The van der Waals surface area contributed by atoms with E-state index in [0.29, 0.717) is 0 Å². The van der Waals surface area contributed by atoms with Crippen LogP contribution < -0.4 is 0 Å². The molecule has 0 atom stereocenters. The minimum absolute atomic E-state index is 0.230. The van der Waals surface area contributed by atoms with Gasteiger partial charge < -0.3 is 10.2 Å². The zero-order chi connectivity index (χ0) is 18.0. The third kappa shape index (κ3) is 3.58. The zero-order valence-corrected chi connectivity index (χ0v) is 13.6. The lowest BCUT2D eigenvalue weighted by Gasteiger charge is -2.10. The Morgan fingerprint density at radius 1 is 0.640 bits per heavy atom. The second-order valence-electron chi connectivity index (χ2n) is 5.86. The Bertz CT molecular complexity index is 897. The third-order valence-electron chi connectivity index (χ3n) is 3.96. The summed E-state index contributed by atoms with van der Waals surface area (Å²) in [7, 11) is 0. The van der Waals surface area contributed by atoms with Crippen molar-refractivity contribution in [2.45, 2.75) is 6.92 Å². The smallest absolute Gasteiger partial charge is 0.335 e. The van der Waals surface area contributed by atoms with Gasteiger partial charge in [-0.1, -0.05) is 36.4 Å². The van der Waals surface area contributed by atoms with Gasteiger partial charge >= 0.3 is 11.9 Å². The molecule has 3 aromatic carbocycles. The molecular weight excluding hydrogens is 316 g/mol. The summed E-state index contributed by atoms with van der Waals surface area (Å²) in [5.74, 6) is -1.94. The fraction of sp³-hybridized carbons (Fsp3) is 0.0476. The van der Waals surface area contributed by atoms with Gasteiger partial charge in [-0.15, -0.1) is 0 Å². The van der Waals surface area contributed by atoms with Crippen LogP contribution in [0.5, 0.6) is 0 Å². The molecule has 0 aliphatic rings. The van der Waals surface area contributed by atoms with Gasteiger partial charge in [0.2, 0.25) is 0 Å². The van der Waals surface area contributed by atoms with E-state index in [2.05, 4.69) is 0 Å². The molecular formula is C21H16O4. The van der Waals surface area contributed by atoms with Crippen molar-refractivity contribution in [3.63, 3.8) is 0 Å². The number of benzene rings is 3. The topological polar surface area (TPSA) is 74.6 Å². The van der Waals surface area contributed by atoms with E-state index in [1.54, 1.807) is 36.4 Å². The van der Waals surface area contributed by atoms with E-state index in [0.717, 1.165) is 27.8 Å². The molecule has 0 saturated carbocycles. The average molecular weight is 332 g/mol. The predicted octanol–water partition coefficient (Wildman–Crippen LogP) is 4.73. The Morgan fingerprint density at radius 3 is 1.48 bits per heavy atom. The van der Waals surface area contributed by atoms with Gasteiger partial charge in [0.15, 0.2) is 0 Å². The normalized spacial score (nSPS) is 10.4. The van der Waals surface area contributed by atoms with E-state index in [-0.39, 0.29) is 11.1 Å². The number of hydrogen-bond donors (Lipinski definition) is 2. The molecule has 0 heterocycles. The van der Waals surface area contributed by atoms with Gasteiger partial charge in [-0.05, 0) is 65.1 Å². The van der Waals surface area contributed by atoms with Crippen LogP contribution in [-0.2, 0) is 0 Å². The first-order valence-electron chi connectivity index (χ1n) is 7.73. The highest BCUT2D eigenvalue weighted by atomic mass is 16.4. The summed E-state index contributed by atoms with van der Waals surface area (Å²) in [6, 6.07) is 19.4. The largest absolute Gasteiger partial charge is 0.478 e. The number of rotatable bonds is 4. The van der Waals surface area contributed by atoms with Gasteiger partial charge in [-0.2, -0.15) is 0 Å². The summed E-state index contributed by atoms with van der Waals surface area (Å²) in [5.41, 5.74) is 4.85. The van der Waals surface area contributed by atoms with E-state index >= 15 is 0 Å². The molecule has 0 saturated heterocycles. The molecule has 0 bridgehead atoms. The van der Waals surface area contributed by atoms with Crippen LogP contribution >= 0.6 is 0 Å². The highest BCUT2D eigenvalue weighted by Gasteiger charge is 2.09. The molecule has 4 heteroatoms. The quantitative estimate of drug-likeness (QED) is 0.724. The number of hydrogen-bond acceptors (Lipinski definition) is 2. The van der Waals surface area contributed by atoms with Gasteiger partial charge in [-0.25, -0.2) is 9.59 Å². The summed E-state index contributed by atoms with van der Waals surface area (Å²) in [4.78, 5) is 22.4. The summed E-state index contributed by atoms with van der Waals surface area (Å²) in [6.07, 6.45) is 0. The van der Waals surface area contributed by atoms with Crippen LogP contribution in [0.3, 0.4) is 0 Å². The van der Waals surface area contributed by atoms with Crippen LogP contribution in [0.25, 0.3) is 22.3 Å². The van der Waals surface area contributed by atoms with Crippen molar-refractivity contribution in [3.05, 3.63) is 83.4 Å². The lowest BCUT2D eigenvalue weighted by Crippen LogP contribution is -1.96. The third-order valence-corrected chi connectivity index (χ3v) is 3.96. The van der Waals surface area contributed by atoms with Gasteiger partial charge in [0, 0.05) is 0 Å². The van der Waals surface area contributed by atoms with Gasteiger partial charge in [0.1, 0.15) is 0 Å². The Labute approximate surface area is 145 Å². The molecule has 2 N–H and O–H groups in total. The van der Waals surface area contributed by atoms with Crippen LogP contribution in [0, 0.1) is 6.92 Å². The van der Waals surface area contributed by atoms with Crippen molar-refractivity contribution >= 4 is 11.9 Å². The van der Waals surface area contributed by atoms with Crippen molar-refractivity contribution < 1.29 is 19.8 Å². The zero-order valence-electron chi connectivity index (χ0n) is 13.6. The molecule has 25 heavy (non-hydrogen) atoms. The standard InChI is InChI=1S/C21H16O4/c1-13-8-18(14-4-2-6-16(10-14)20(22)23)12-19(9-13)15-5-3-7-17(11-15)21(24)25/h2-12H,1H3,(H,22,23)(H,24,25). The molecule has 0 aliphatic carbocycles. The van der Waals surface area contributed by atoms with Crippen molar-refractivity contribution in [3.8, 4) is 22.3 Å². The average Bonchev–Trinajstić information content (AvgIpc) is 2.61. The molecule has 0 aromatic heterocycles. The number of aryl methyl sites for hydroxylation is 1. The van der Waals surface area contributed by atoms with Gasteiger partial charge in [0.05, 0.1) is 11.1 Å². The molecule has 3 rings (SSSR count). The van der Waals surface area contributed by atoms with Crippen molar-refractivity contribution in [1.29, 1.82) is 0 Å². The molecule has 0 amide bonds. The lowest BCUT2D eigenvalue weighted by atomic mass is 9.95. The lowest BCUT2D eigenvalue weighted by molar-refractivity contribution is 0.0686. The molecule has 4 nitrogen and oxygen atoms in total. The van der Waals surface area contributed by atoms with Crippen molar-refractivity contribution in [2.75, 3.05) is 0 Å². The molecule has 0 aliphatic heterocycles. The molecule has 0 spiro atoms. The fourth-order valence-electron chi connectivity index (χ4n) is 2.78. The van der Waals surface area contributed by atoms with Crippen molar-refractivity contribution in [2.24, 2.45) is 0 Å². The molecule has 0 unspecified atom stereocenters. The van der Waals surface area contributed by atoms with Gasteiger partial charge in [0.25, 0.3) is 0 Å². The van der Waals surface area contributed by atoms with E-state index in [1.807, 2.05) is 37.3 Å². The molecule has 0 radical (unpaired) electrons.